The average Bonchev–Trinajstić information content (AvgIpc) is 3.46. The van der Waals surface area contributed by atoms with Crippen molar-refractivity contribution in [3.05, 3.63) is 24.3 Å². The van der Waals surface area contributed by atoms with Gasteiger partial charge in [-0.25, -0.2) is 0 Å². The molecule has 1 amide bonds. The molecular weight excluding hydrogens is 983 g/mol. The maximum Gasteiger partial charge on any atom is 0.305 e. The smallest absolute Gasteiger partial charge is 0.305 e. The Kier molecular flexibility index (Phi) is 68.4. The van der Waals surface area contributed by atoms with Crippen LogP contribution in [0.5, 0.6) is 0 Å². The third-order valence-corrected chi connectivity index (χ3v) is 17.3. The summed E-state index contributed by atoms with van der Waals surface area (Å²) < 4.78 is 5.49. The number of nitrogens with one attached hydrogen (secondary N) is 1. The minimum Gasteiger partial charge on any atom is -0.466 e. The summed E-state index contributed by atoms with van der Waals surface area (Å²) in [5, 5.41) is 23.4. The van der Waals surface area contributed by atoms with Gasteiger partial charge in [-0.3, -0.25) is 9.59 Å². The van der Waals surface area contributed by atoms with E-state index >= 15 is 0 Å². The molecule has 80 heavy (non-hydrogen) atoms. The van der Waals surface area contributed by atoms with Gasteiger partial charge < -0.3 is 20.3 Å². The number of aliphatic hydroxyl groups excluding tert-OH is 2. The number of ether oxygens (including phenoxy) is 1. The molecule has 6 heteroatoms. The van der Waals surface area contributed by atoms with Crippen LogP contribution in [0.4, 0.5) is 0 Å². The van der Waals surface area contributed by atoms with Gasteiger partial charge in [0.1, 0.15) is 0 Å². The van der Waals surface area contributed by atoms with Crippen LogP contribution in [0.1, 0.15) is 412 Å². The number of carbonyl (C=O) groups is 2. The lowest BCUT2D eigenvalue weighted by atomic mass is 10.0. The number of amides is 1. The van der Waals surface area contributed by atoms with Crippen molar-refractivity contribution in [1.82, 2.24) is 5.32 Å². The Hall–Kier alpha value is -1.66. The monoisotopic (exact) mass is 1130 g/mol. The van der Waals surface area contributed by atoms with Crippen molar-refractivity contribution in [3.8, 4) is 0 Å². The summed E-state index contributed by atoms with van der Waals surface area (Å²) in [6.07, 6.45) is 88.1. The highest BCUT2D eigenvalue weighted by Crippen LogP contribution is 2.19. The summed E-state index contributed by atoms with van der Waals surface area (Å²) in [6.45, 7) is 4.99. The predicted molar refractivity (Wildman–Crippen MR) is 352 cm³/mol. The van der Waals surface area contributed by atoms with Gasteiger partial charge in [-0.1, -0.05) is 366 Å². The molecule has 0 saturated heterocycles. The van der Waals surface area contributed by atoms with Crippen LogP contribution in [0.3, 0.4) is 0 Å². The molecule has 0 fully saturated rings. The number of rotatable bonds is 69. The van der Waals surface area contributed by atoms with E-state index in [9.17, 15) is 19.8 Å². The highest BCUT2D eigenvalue weighted by atomic mass is 16.5. The summed E-state index contributed by atoms with van der Waals surface area (Å²) in [4.78, 5) is 24.6. The second-order valence-corrected chi connectivity index (χ2v) is 25.3. The molecule has 2 atom stereocenters. The van der Waals surface area contributed by atoms with Crippen molar-refractivity contribution in [2.45, 2.75) is 424 Å². The molecule has 0 aromatic heterocycles. The topological polar surface area (TPSA) is 95.9 Å². The molecule has 6 nitrogen and oxygen atoms in total. The molecule has 474 valence electrons. The van der Waals surface area contributed by atoms with Gasteiger partial charge in [0, 0.05) is 12.8 Å². The summed E-state index contributed by atoms with van der Waals surface area (Å²) in [6, 6.07) is -0.540. The van der Waals surface area contributed by atoms with Gasteiger partial charge in [0.05, 0.1) is 25.4 Å². The zero-order chi connectivity index (χ0) is 57.8. The van der Waals surface area contributed by atoms with Crippen LogP contribution in [0.2, 0.25) is 0 Å². The van der Waals surface area contributed by atoms with Crippen molar-refractivity contribution in [2.24, 2.45) is 0 Å². The molecule has 3 N–H and O–H groups in total. The van der Waals surface area contributed by atoms with E-state index < -0.39 is 12.1 Å². The van der Waals surface area contributed by atoms with Crippen molar-refractivity contribution in [1.29, 1.82) is 0 Å². The Morgan fingerprint density at radius 1 is 0.350 bits per heavy atom. The van der Waals surface area contributed by atoms with Crippen LogP contribution in [-0.4, -0.2) is 47.4 Å². The Labute approximate surface area is 501 Å². The summed E-state index contributed by atoms with van der Waals surface area (Å²) >= 11 is 0. The van der Waals surface area contributed by atoms with E-state index in [1.54, 1.807) is 0 Å². The Morgan fingerprint density at radius 3 is 0.950 bits per heavy atom. The molecule has 0 spiro atoms. The molecule has 0 aliphatic heterocycles. The van der Waals surface area contributed by atoms with Crippen LogP contribution in [-0.2, 0) is 14.3 Å². The number of esters is 1. The van der Waals surface area contributed by atoms with Crippen molar-refractivity contribution < 1.29 is 24.5 Å². The molecule has 0 heterocycles. The van der Waals surface area contributed by atoms with Gasteiger partial charge in [-0.2, -0.15) is 0 Å². The first-order valence-corrected chi connectivity index (χ1v) is 36.6. The number of allylic oxidation sites excluding steroid dienone is 4. The van der Waals surface area contributed by atoms with Crippen LogP contribution < -0.4 is 5.32 Å². The third kappa shape index (κ3) is 65.5. The highest BCUT2D eigenvalue weighted by Gasteiger charge is 2.20. The molecule has 0 aliphatic carbocycles. The lowest BCUT2D eigenvalue weighted by molar-refractivity contribution is -0.143. The second kappa shape index (κ2) is 69.8. The molecule has 0 rings (SSSR count). The van der Waals surface area contributed by atoms with E-state index in [4.69, 9.17) is 4.74 Å². The Bertz CT molecular complexity index is 1250. The van der Waals surface area contributed by atoms with Crippen molar-refractivity contribution in [3.63, 3.8) is 0 Å². The first kappa shape index (κ1) is 78.3. The second-order valence-electron chi connectivity index (χ2n) is 25.3. The summed E-state index contributed by atoms with van der Waals surface area (Å²) in [5.41, 5.74) is 0. The molecule has 0 aromatic carbocycles. The summed E-state index contributed by atoms with van der Waals surface area (Å²) in [7, 11) is 0. The highest BCUT2D eigenvalue weighted by molar-refractivity contribution is 5.76. The molecule has 0 saturated carbocycles. The fourth-order valence-corrected chi connectivity index (χ4v) is 11.7. The number of unbranched alkanes of at least 4 members (excludes halogenated alkanes) is 54. The predicted octanol–water partition coefficient (Wildman–Crippen LogP) is 23.7. The van der Waals surface area contributed by atoms with Gasteiger partial charge >= 0.3 is 5.97 Å². The van der Waals surface area contributed by atoms with E-state index in [1.165, 1.54) is 334 Å². The van der Waals surface area contributed by atoms with Gasteiger partial charge in [-0.15, -0.1) is 0 Å². The fraction of sp³-hybridized carbons (Fsp3) is 0.919. The van der Waals surface area contributed by atoms with Gasteiger partial charge in [-0.05, 0) is 57.8 Å². The van der Waals surface area contributed by atoms with E-state index in [1.807, 2.05) is 0 Å². The molecule has 0 bridgehead atoms. The Morgan fingerprint density at radius 2 is 0.625 bits per heavy atom. The molecule has 2 unspecified atom stereocenters. The molecule has 0 aliphatic rings. The Balaban J connectivity index is 3.37. The average molecular weight is 1130 g/mol. The molecule has 0 aromatic rings. The zero-order valence-electron chi connectivity index (χ0n) is 54.3. The third-order valence-electron chi connectivity index (χ3n) is 17.3. The zero-order valence-corrected chi connectivity index (χ0v) is 54.3. The number of hydrogen-bond donors (Lipinski definition) is 3. The lowest BCUT2D eigenvalue weighted by Gasteiger charge is -2.22. The van der Waals surface area contributed by atoms with Gasteiger partial charge in [0.25, 0.3) is 0 Å². The SMILES string of the molecule is CCCCCCCCCCCCCCCCCCCC(O)C(CO)NC(=O)CCCCCCCCCCCCCCCCCCC/C=C\C/C=C\CCCCCCCCCCCOC(=O)CCCCCCCCCCCCCCC. The minimum absolute atomic E-state index is 0.0164. The normalized spacial score (nSPS) is 12.6. The largest absolute Gasteiger partial charge is 0.466 e. The van der Waals surface area contributed by atoms with Crippen molar-refractivity contribution >= 4 is 11.9 Å². The summed E-state index contributed by atoms with van der Waals surface area (Å²) in [5.74, 6) is -0.0128. The maximum absolute atomic E-state index is 12.5. The molecule has 0 radical (unpaired) electrons. The van der Waals surface area contributed by atoms with Crippen LogP contribution >= 0.6 is 0 Å². The lowest BCUT2D eigenvalue weighted by Crippen LogP contribution is -2.45. The number of carbonyl (C=O) groups excluding carboxylic acids is 2. The quantitative estimate of drug-likeness (QED) is 0.0320. The van der Waals surface area contributed by atoms with E-state index in [2.05, 4.69) is 43.5 Å². The minimum atomic E-state index is -0.663. The number of hydrogen-bond acceptors (Lipinski definition) is 5. The van der Waals surface area contributed by atoms with Crippen LogP contribution in [0.15, 0.2) is 24.3 Å². The first-order valence-electron chi connectivity index (χ1n) is 36.6. The van der Waals surface area contributed by atoms with Crippen LogP contribution in [0.25, 0.3) is 0 Å². The van der Waals surface area contributed by atoms with Gasteiger partial charge in [0.15, 0.2) is 0 Å². The van der Waals surface area contributed by atoms with E-state index in [-0.39, 0.29) is 18.5 Å². The van der Waals surface area contributed by atoms with Crippen LogP contribution in [0, 0.1) is 0 Å². The maximum atomic E-state index is 12.5. The van der Waals surface area contributed by atoms with Gasteiger partial charge in [0.2, 0.25) is 5.91 Å². The van der Waals surface area contributed by atoms with Crippen molar-refractivity contribution in [2.75, 3.05) is 13.2 Å². The van der Waals surface area contributed by atoms with E-state index in [0.717, 1.165) is 44.9 Å². The molecular formula is C74H143NO5. The number of aliphatic hydroxyl groups is 2. The fourth-order valence-electron chi connectivity index (χ4n) is 11.7. The standard InChI is InChI=1S/C74H143NO5/c1-3-5-7-9-11-13-15-17-18-36-39-43-46-50-54-58-62-66-72(77)71(70-76)75-73(78)67-63-59-55-51-47-44-40-37-34-32-30-28-26-24-22-20-19-21-23-25-27-29-31-33-35-38-41-45-49-53-57-61-65-69-80-74(79)68-64-60-56-52-48-42-16-14-12-10-8-6-4-2/h23,25,29,31,71-72,76-77H,3-22,24,26-28,30,32-70H2,1-2H3,(H,75,78)/b25-23-,31-29-. The van der Waals surface area contributed by atoms with E-state index in [0.29, 0.717) is 25.9 Å². The first-order chi connectivity index (χ1) is 39.5.